The maximum absolute atomic E-state index is 14.0. The predicted octanol–water partition coefficient (Wildman–Crippen LogP) is 2.86. The van der Waals surface area contributed by atoms with Crippen LogP contribution >= 0.6 is 0 Å². The van der Waals surface area contributed by atoms with Crippen molar-refractivity contribution in [3.63, 3.8) is 0 Å². The highest BCUT2D eigenvalue weighted by molar-refractivity contribution is 7.89. The first-order valence-corrected chi connectivity index (χ1v) is 9.00. The van der Waals surface area contributed by atoms with E-state index in [1.54, 1.807) is 25.1 Å². The number of hydrogen-bond acceptors (Lipinski definition) is 3. The van der Waals surface area contributed by atoms with E-state index < -0.39 is 32.4 Å². The molecule has 0 aliphatic heterocycles. The first-order valence-electron chi connectivity index (χ1n) is 7.56. The van der Waals surface area contributed by atoms with E-state index in [0.29, 0.717) is 6.54 Å². The molecule has 0 amide bonds. The van der Waals surface area contributed by atoms with E-state index in [1.807, 2.05) is 0 Å². The van der Waals surface area contributed by atoms with Crippen molar-refractivity contribution in [2.24, 2.45) is 0 Å². The van der Waals surface area contributed by atoms with Gasteiger partial charge in [0.05, 0.1) is 0 Å². The third-order valence-corrected chi connectivity index (χ3v) is 5.52. The lowest BCUT2D eigenvalue weighted by Crippen LogP contribution is -2.37. The number of sulfonamides is 1. The minimum Gasteiger partial charge on any atom is -0.308 e. The summed E-state index contributed by atoms with van der Waals surface area (Å²) in [5, 5.41) is 0. The molecule has 0 saturated carbocycles. The summed E-state index contributed by atoms with van der Waals surface area (Å²) in [5.74, 6) is -2.94. The van der Waals surface area contributed by atoms with Crippen molar-refractivity contribution in [1.82, 2.24) is 9.21 Å². The normalized spacial score (nSPS) is 12.1. The van der Waals surface area contributed by atoms with E-state index in [4.69, 9.17) is 0 Å². The second kappa shape index (κ2) is 7.99. The Bertz CT molecular complexity index is 821. The highest BCUT2D eigenvalue weighted by atomic mass is 32.2. The third kappa shape index (κ3) is 4.59. The number of benzene rings is 2. The van der Waals surface area contributed by atoms with Crippen LogP contribution in [0.1, 0.15) is 5.56 Å². The fourth-order valence-electron chi connectivity index (χ4n) is 2.27. The maximum atomic E-state index is 14.0. The largest absolute Gasteiger partial charge is 0.308 e. The second-order valence-corrected chi connectivity index (χ2v) is 7.66. The fraction of sp³-hybridized carbons (Fsp3) is 0.294. The maximum Gasteiger partial charge on any atom is 0.249 e. The van der Waals surface area contributed by atoms with Crippen molar-refractivity contribution in [3.8, 4) is 0 Å². The van der Waals surface area contributed by atoms with Gasteiger partial charge in [-0.1, -0.05) is 24.3 Å². The van der Waals surface area contributed by atoms with Crippen molar-refractivity contribution in [1.29, 1.82) is 0 Å². The standard InChI is InChI=1S/C17H19F3N2O2S/c1-21(2)10-11-22(12-13-6-3-4-7-14(13)18)25(23,24)17-15(19)8-5-9-16(17)20/h3-9H,10-12H2,1-2H3. The second-order valence-electron chi connectivity index (χ2n) is 5.78. The minimum absolute atomic E-state index is 0.0442. The molecule has 0 saturated heterocycles. The van der Waals surface area contributed by atoms with Crippen LogP contribution < -0.4 is 0 Å². The molecule has 0 spiro atoms. The molecular formula is C17H19F3N2O2S. The molecule has 4 nitrogen and oxygen atoms in total. The molecule has 0 aliphatic rings. The Labute approximate surface area is 145 Å². The summed E-state index contributed by atoms with van der Waals surface area (Å²) in [6.07, 6.45) is 0. The number of hydrogen-bond donors (Lipinski definition) is 0. The summed E-state index contributed by atoms with van der Waals surface area (Å²) in [6, 6.07) is 8.53. The Kier molecular flexibility index (Phi) is 6.21. The van der Waals surface area contributed by atoms with Crippen LogP contribution in [0.5, 0.6) is 0 Å². The smallest absolute Gasteiger partial charge is 0.249 e. The van der Waals surface area contributed by atoms with E-state index in [0.717, 1.165) is 22.5 Å². The summed E-state index contributed by atoms with van der Waals surface area (Å²) < 4.78 is 68.4. The summed E-state index contributed by atoms with van der Waals surface area (Å²) >= 11 is 0. The van der Waals surface area contributed by atoms with Crippen LogP contribution in [0.3, 0.4) is 0 Å². The SMILES string of the molecule is CN(C)CCN(Cc1ccccc1F)S(=O)(=O)c1c(F)cccc1F. The van der Waals surface area contributed by atoms with Gasteiger partial charge in [0.1, 0.15) is 17.5 Å². The van der Waals surface area contributed by atoms with Crippen LogP contribution in [0.2, 0.25) is 0 Å². The van der Waals surface area contributed by atoms with Crippen LogP contribution in [0, 0.1) is 17.5 Å². The third-order valence-electron chi connectivity index (χ3n) is 3.62. The molecule has 0 heterocycles. The van der Waals surface area contributed by atoms with Gasteiger partial charge < -0.3 is 4.90 Å². The van der Waals surface area contributed by atoms with E-state index in [2.05, 4.69) is 0 Å². The van der Waals surface area contributed by atoms with Crippen molar-refractivity contribution in [3.05, 3.63) is 65.5 Å². The number of halogens is 3. The molecule has 0 bridgehead atoms. The lowest BCUT2D eigenvalue weighted by atomic mass is 10.2. The molecule has 136 valence electrons. The highest BCUT2D eigenvalue weighted by Crippen LogP contribution is 2.24. The summed E-state index contributed by atoms with van der Waals surface area (Å²) in [4.78, 5) is 0.701. The zero-order chi connectivity index (χ0) is 18.6. The molecule has 2 aromatic carbocycles. The van der Waals surface area contributed by atoms with Gasteiger partial charge in [0.15, 0.2) is 4.90 Å². The Hall–Kier alpha value is -1.90. The van der Waals surface area contributed by atoms with Crippen molar-refractivity contribution >= 4 is 10.0 Å². The van der Waals surface area contributed by atoms with Crippen LogP contribution in [-0.2, 0) is 16.6 Å². The van der Waals surface area contributed by atoms with Crippen molar-refractivity contribution < 1.29 is 21.6 Å². The van der Waals surface area contributed by atoms with Crippen LogP contribution in [0.25, 0.3) is 0 Å². The first kappa shape index (κ1) is 19.4. The van der Waals surface area contributed by atoms with Crippen LogP contribution in [-0.4, -0.2) is 44.8 Å². The van der Waals surface area contributed by atoms with Gasteiger partial charge in [0.25, 0.3) is 0 Å². The summed E-state index contributed by atoms with van der Waals surface area (Å²) in [6.45, 7) is -0.0577. The monoisotopic (exact) mass is 372 g/mol. The fourth-order valence-corrected chi connectivity index (χ4v) is 3.79. The minimum atomic E-state index is -4.48. The zero-order valence-electron chi connectivity index (χ0n) is 13.9. The van der Waals surface area contributed by atoms with E-state index in [1.165, 1.54) is 18.2 Å². The molecule has 0 aromatic heterocycles. The van der Waals surface area contributed by atoms with Gasteiger partial charge in [-0.25, -0.2) is 21.6 Å². The van der Waals surface area contributed by atoms with Gasteiger partial charge in [0.2, 0.25) is 10.0 Å². The van der Waals surface area contributed by atoms with Crippen molar-refractivity contribution in [2.45, 2.75) is 11.4 Å². The van der Waals surface area contributed by atoms with Crippen LogP contribution in [0.4, 0.5) is 13.2 Å². The van der Waals surface area contributed by atoms with E-state index in [-0.39, 0.29) is 18.7 Å². The molecule has 2 rings (SSSR count). The molecule has 25 heavy (non-hydrogen) atoms. The zero-order valence-corrected chi connectivity index (χ0v) is 14.7. The quantitative estimate of drug-likeness (QED) is 0.750. The van der Waals surface area contributed by atoms with Gasteiger partial charge in [-0.05, 0) is 32.3 Å². The lowest BCUT2D eigenvalue weighted by molar-refractivity contribution is 0.324. The Morgan fingerprint density at radius 3 is 1.96 bits per heavy atom. The van der Waals surface area contributed by atoms with Gasteiger partial charge >= 0.3 is 0 Å². The average molecular weight is 372 g/mol. The Morgan fingerprint density at radius 1 is 0.840 bits per heavy atom. The molecular weight excluding hydrogens is 353 g/mol. The molecule has 0 aliphatic carbocycles. The highest BCUT2D eigenvalue weighted by Gasteiger charge is 2.31. The molecule has 0 atom stereocenters. The molecule has 0 radical (unpaired) electrons. The molecule has 0 fully saturated rings. The topological polar surface area (TPSA) is 40.6 Å². The summed E-state index contributed by atoms with van der Waals surface area (Å²) in [5.41, 5.74) is 0.126. The average Bonchev–Trinajstić information content (AvgIpc) is 2.52. The number of nitrogens with zero attached hydrogens (tertiary/aromatic N) is 2. The van der Waals surface area contributed by atoms with E-state index in [9.17, 15) is 21.6 Å². The lowest BCUT2D eigenvalue weighted by Gasteiger charge is -2.24. The molecule has 8 heteroatoms. The molecule has 0 unspecified atom stereocenters. The first-order chi connectivity index (χ1) is 11.7. The molecule has 2 aromatic rings. The summed E-state index contributed by atoms with van der Waals surface area (Å²) in [7, 11) is -1.02. The number of likely N-dealkylation sites (N-methyl/N-ethyl adjacent to an activating group) is 1. The van der Waals surface area contributed by atoms with Crippen molar-refractivity contribution in [2.75, 3.05) is 27.2 Å². The van der Waals surface area contributed by atoms with Gasteiger partial charge in [-0.3, -0.25) is 0 Å². The number of rotatable bonds is 7. The van der Waals surface area contributed by atoms with Gasteiger partial charge in [-0.2, -0.15) is 4.31 Å². The van der Waals surface area contributed by atoms with Gasteiger partial charge in [0, 0.05) is 25.2 Å². The van der Waals surface area contributed by atoms with E-state index >= 15 is 0 Å². The predicted molar refractivity (Wildman–Crippen MR) is 88.9 cm³/mol. The van der Waals surface area contributed by atoms with Crippen LogP contribution in [0.15, 0.2) is 47.4 Å². The van der Waals surface area contributed by atoms with Gasteiger partial charge in [-0.15, -0.1) is 0 Å². The Morgan fingerprint density at radius 2 is 1.40 bits per heavy atom. The Balaban J connectivity index is 2.45. The molecule has 0 N–H and O–H groups in total.